The zero-order chi connectivity index (χ0) is 20.6. The molecular formula is C20H19N3O5S. The van der Waals surface area contributed by atoms with Gasteiger partial charge in [0.25, 0.3) is 15.9 Å². The number of fused-ring (bicyclic) bond motifs is 2. The van der Waals surface area contributed by atoms with Crippen LogP contribution in [-0.2, 0) is 30.8 Å². The lowest BCUT2D eigenvalue weighted by Crippen LogP contribution is -2.39. The molecule has 0 aliphatic carbocycles. The lowest BCUT2D eigenvalue weighted by atomic mass is 10.1. The second-order valence-electron chi connectivity index (χ2n) is 6.87. The molecule has 2 aromatic rings. The van der Waals surface area contributed by atoms with Crippen LogP contribution in [0.25, 0.3) is 0 Å². The number of nitrogens with zero attached hydrogens (tertiary/aromatic N) is 2. The largest absolute Gasteiger partial charge is 0.454 e. The van der Waals surface area contributed by atoms with Gasteiger partial charge in [0.15, 0.2) is 6.61 Å². The minimum Gasteiger partial charge on any atom is -0.454 e. The van der Waals surface area contributed by atoms with Gasteiger partial charge in [-0.25, -0.2) is 8.42 Å². The van der Waals surface area contributed by atoms with E-state index >= 15 is 0 Å². The summed E-state index contributed by atoms with van der Waals surface area (Å²) >= 11 is 0. The molecule has 0 aromatic heterocycles. The zero-order valence-electron chi connectivity index (χ0n) is 15.7. The lowest BCUT2D eigenvalue weighted by molar-refractivity contribution is -0.146. The second kappa shape index (κ2) is 7.32. The van der Waals surface area contributed by atoms with E-state index in [0.717, 1.165) is 17.7 Å². The topological polar surface area (TPSA) is 105 Å². The van der Waals surface area contributed by atoms with Crippen LogP contribution in [0, 0.1) is 0 Å². The fraction of sp³-hybridized carbons (Fsp3) is 0.250. The Morgan fingerprint density at radius 3 is 2.72 bits per heavy atom. The number of carbonyl (C=O) groups is 2. The lowest BCUT2D eigenvalue weighted by Gasteiger charge is -2.22. The number of amidine groups is 1. The first-order valence-electron chi connectivity index (χ1n) is 9.09. The summed E-state index contributed by atoms with van der Waals surface area (Å²) in [6.07, 6.45) is 0.753. The Morgan fingerprint density at radius 2 is 1.90 bits per heavy atom. The first-order chi connectivity index (χ1) is 13.9. The van der Waals surface area contributed by atoms with Crippen LogP contribution >= 0.6 is 0 Å². The Hall–Kier alpha value is -3.20. The molecule has 1 amide bonds. The first kappa shape index (κ1) is 19.1. The van der Waals surface area contributed by atoms with E-state index in [1.807, 2.05) is 31.2 Å². The van der Waals surface area contributed by atoms with Gasteiger partial charge in [-0.2, -0.15) is 0 Å². The summed E-state index contributed by atoms with van der Waals surface area (Å²) in [5.74, 6) is -0.934. The van der Waals surface area contributed by atoms with Gasteiger partial charge in [0.2, 0.25) is 0 Å². The fourth-order valence-electron chi connectivity index (χ4n) is 3.60. The third-order valence-corrected chi connectivity index (χ3v) is 6.26. The molecule has 1 N–H and O–H groups in total. The minimum atomic E-state index is -3.67. The average Bonchev–Trinajstić information content (AvgIpc) is 3.17. The molecular weight excluding hydrogens is 394 g/mol. The Balaban J connectivity index is 1.38. The number of hydrogen-bond acceptors (Lipinski definition) is 6. The Kier molecular flexibility index (Phi) is 4.83. The van der Waals surface area contributed by atoms with Crippen LogP contribution in [0.3, 0.4) is 0 Å². The number of benzene rings is 2. The number of anilines is 1. The minimum absolute atomic E-state index is 0.0109. The monoisotopic (exact) mass is 413 g/mol. The molecule has 2 heterocycles. The molecule has 0 saturated heterocycles. The summed E-state index contributed by atoms with van der Waals surface area (Å²) in [5, 5.41) is 0. The van der Waals surface area contributed by atoms with E-state index in [1.165, 1.54) is 6.07 Å². The molecule has 2 aromatic carbocycles. The van der Waals surface area contributed by atoms with Gasteiger partial charge in [0, 0.05) is 17.3 Å². The number of rotatable bonds is 4. The second-order valence-corrected chi connectivity index (χ2v) is 8.52. The highest BCUT2D eigenvalue weighted by molar-refractivity contribution is 7.90. The maximum Gasteiger partial charge on any atom is 0.328 e. The summed E-state index contributed by atoms with van der Waals surface area (Å²) < 4.78 is 31.5. The summed E-state index contributed by atoms with van der Waals surface area (Å²) in [6, 6.07) is 14.0. The van der Waals surface area contributed by atoms with E-state index in [0.29, 0.717) is 5.56 Å². The summed E-state index contributed by atoms with van der Waals surface area (Å²) in [7, 11) is -3.67. The van der Waals surface area contributed by atoms with Crippen LogP contribution in [0.1, 0.15) is 18.1 Å². The Morgan fingerprint density at radius 1 is 1.17 bits per heavy atom. The Bertz CT molecular complexity index is 1130. The highest BCUT2D eigenvalue weighted by atomic mass is 32.2. The van der Waals surface area contributed by atoms with Gasteiger partial charge in [0.05, 0.1) is 4.90 Å². The van der Waals surface area contributed by atoms with Gasteiger partial charge >= 0.3 is 5.97 Å². The predicted octanol–water partition coefficient (Wildman–Crippen LogP) is 1.25. The number of sulfonamides is 1. The molecule has 9 heteroatoms. The third kappa shape index (κ3) is 3.61. The Labute approximate surface area is 168 Å². The van der Waals surface area contributed by atoms with Crippen LogP contribution in [0.4, 0.5) is 5.69 Å². The standard InChI is InChI=1S/C20H19N3O5S/c1-13-10-14-6-2-4-8-16(14)23(13)18(24)12-28-19(25)11-21-20-15-7-3-5-9-17(15)29(26,27)22-20/h2-9,13H,10-12H2,1H3,(H,21,22)/t13-/m0/s1. The van der Waals surface area contributed by atoms with Crippen molar-refractivity contribution in [3.63, 3.8) is 0 Å². The highest BCUT2D eigenvalue weighted by Gasteiger charge is 2.32. The molecule has 29 heavy (non-hydrogen) atoms. The molecule has 0 fully saturated rings. The number of para-hydroxylation sites is 1. The number of aliphatic imine (C=N–C) groups is 1. The number of carbonyl (C=O) groups excluding carboxylic acids is 2. The molecule has 0 saturated carbocycles. The van der Waals surface area contributed by atoms with Gasteiger partial charge in [-0.05, 0) is 37.1 Å². The van der Waals surface area contributed by atoms with Crippen molar-refractivity contribution in [2.75, 3.05) is 18.1 Å². The van der Waals surface area contributed by atoms with Crippen molar-refractivity contribution in [2.24, 2.45) is 4.99 Å². The molecule has 2 aliphatic rings. The van der Waals surface area contributed by atoms with Crippen molar-refractivity contribution in [3.05, 3.63) is 59.7 Å². The van der Waals surface area contributed by atoms with Crippen molar-refractivity contribution < 1.29 is 22.7 Å². The molecule has 8 nitrogen and oxygen atoms in total. The van der Waals surface area contributed by atoms with E-state index in [-0.39, 0.29) is 22.7 Å². The molecule has 0 bridgehead atoms. The van der Waals surface area contributed by atoms with Crippen molar-refractivity contribution in [1.82, 2.24) is 4.72 Å². The first-order valence-corrected chi connectivity index (χ1v) is 10.6. The van der Waals surface area contributed by atoms with Gasteiger partial charge in [-0.3, -0.25) is 19.3 Å². The molecule has 2 aliphatic heterocycles. The quantitative estimate of drug-likeness (QED) is 0.760. The fourth-order valence-corrected chi connectivity index (χ4v) is 4.85. The molecule has 1 atom stereocenters. The summed E-state index contributed by atoms with van der Waals surface area (Å²) in [4.78, 5) is 30.4. The normalized spacial score (nSPS) is 20.1. The van der Waals surface area contributed by atoms with Crippen LogP contribution in [0.2, 0.25) is 0 Å². The molecule has 0 spiro atoms. The third-order valence-electron chi connectivity index (χ3n) is 4.86. The van der Waals surface area contributed by atoms with E-state index in [2.05, 4.69) is 9.71 Å². The number of nitrogens with one attached hydrogen (secondary N) is 1. The number of esters is 1. The van der Waals surface area contributed by atoms with E-state index in [9.17, 15) is 18.0 Å². The van der Waals surface area contributed by atoms with Crippen molar-refractivity contribution >= 4 is 33.4 Å². The van der Waals surface area contributed by atoms with Crippen molar-refractivity contribution in [2.45, 2.75) is 24.3 Å². The van der Waals surface area contributed by atoms with Gasteiger partial charge in [0.1, 0.15) is 12.4 Å². The molecule has 150 valence electrons. The van der Waals surface area contributed by atoms with Crippen LogP contribution < -0.4 is 9.62 Å². The smallest absolute Gasteiger partial charge is 0.328 e. The summed E-state index contributed by atoms with van der Waals surface area (Å²) in [6.45, 7) is 1.14. The molecule has 4 rings (SSSR count). The zero-order valence-corrected chi connectivity index (χ0v) is 16.5. The predicted molar refractivity (Wildman–Crippen MR) is 106 cm³/mol. The number of ether oxygens (including phenoxy) is 1. The van der Waals surface area contributed by atoms with Gasteiger partial charge in [-0.15, -0.1) is 0 Å². The van der Waals surface area contributed by atoms with Crippen LogP contribution in [0.5, 0.6) is 0 Å². The maximum absolute atomic E-state index is 12.6. The average molecular weight is 413 g/mol. The molecule has 0 radical (unpaired) electrons. The van der Waals surface area contributed by atoms with Crippen LogP contribution in [-0.4, -0.2) is 45.3 Å². The SMILES string of the molecule is C[C@H]1Cc2ccccc2N1C(=O)COC(=O)CN=C1NS(=O)(=O)c2ccccc21. The van der Waals surface area contributed by atoms with Gasteiger partial charge < -0.3 is 9.64 Å². The van der Waals surface area contributed by atoms with Crippen molar-refractivity contribution in [1.29, 1.82) is 0 Å². The van der Waals surface area contributed by atoms with Crippen LogP contribution in [0.15, 0.2) is 58.4 Å². The maximum atomic E-state index is 12.6. The van der Waals surface area contributed by atoms with Crippen molar-refractivity contribution in [3.8, 4) is 0 Å². The van der Waals surface area contributed by atoms with E-state index in [4.69, 9.17) is 4.74 Å². The highest BCUT2D eigenvalue weighted by Crippen LogP contribution is 2.31. The number of hydrogen-bond donors (Lipinski definition) is 1. The molecule has 0 unspecified atom stereocenters. The van der Waals surface area contributed by atoms with E-state index in [1.54, 1.807) is 23.1 Å². The summed E-state index contributed by atoms with van der Waals surface area (Å²) in [5.41, 5.74) is 2.32. The van der Waals surface area contributed by atoms with Gasteiger partial charge in [-0.1, -0.05) is 30.3 Å². The number of amides is 1. The van der Waals surface area contributed by atoms with E-state index < -0.39 is 29.1 Å².